The fraction of sp³-hybridized carbons (Fsp3) is 1.00. The number of alkyl halides is 1. The Labute approximate surface area is 100 Å². The molecular weight excluding hydrogens is 206 g/mol. The Balaban J connectivity index is 2.04. The maximum atomic E-state index is 6.13. The quantitative estimate of drug-likeness (QED) is 0.495. The molecule has 0 spiro atoms. The van der Waals surface area contributed by atoms with Crippen molar-refractivity contribution in [2.45, 2.75) is 57.7 Å². The van der Waals surface area contributed by atoms with Crippen molar-refractivity contribution in [3.63, 3.8) is 0 Å². The zero-order valence-electron chi connectivity index (χ0n) is 10.3. The molecule has 0 aromatic rings. The second-order valence-electron chi connectivity index (χ2n) is 4.92. The summed E-state index contributed by atoms with van der Waals surface area (Å²) in [6.07, 6.45) is 8.13. The molecule has 0 N–H and O–H groups in total. The molecule has 0 aliphatic carbocycles. The van der Waals surface area contributed by atoms with Crippen LogP contribution in [0.1, 0.15) is 52.4 Å². The molecule has 1 saturated heterocycles. The Kier molecular flexibility index (Phi) is 6.67. The summed E-state index contributed by atoms with van der Waals surface area (Å²) in [6.45, 7) is 8.27. The summed E-state index contributed by atoms with van der Waals surface area (Å²) in [4.78, 5) is 2.62. The van der Waals surface area contributed by atoms with Gasteiger partial charge in [-0.25, -0.2) is 0 Å². The van der Waals surface area contributed by atoms with Crippen LogP contribution in [0.4, 0.5) is 0 Å². The number of piperidine rings is 1. The molecule has 1 unspecified atom stereocenters. The number of halogens is 1. The zero-order valence-corrected chi connectivity index (χ0v) is 11.1. The largest absolute Gasteiger partial charge is 0.303 e. The van der Waals surface area contributed by atoms with Gasteiger partial charge in [0.2, 0.25) is 0 Å². The van der Waals surface area contributed by atoms with Gasteiger partial charge in [-0.1, -0.05) is 26.2 Å². The van der Waals surface area contributed by atoms with Gasteiger partial charge >= 0.3 is 0 Å². The van der Waals surface area contributed by atoms with E-state index in [1.54, 1.807) is 0 Å². The SMILES string of the molecule is CCCCCCN1CCC(C(C)Cl)CC1. The molecule has 0 radical (unpaired) electrons. The van der Waals surface area contributed by atoms with Gasteiger partial charge in [-0.05, 0) is 51.7 Å². The second kappa shape index (κ2) is 7.51. The topological polar surface area (TPSA) is 3.24 Å². The Hall–Kier alpha value is 0.250. The third-order valence-corrected chi connectivity index (χ3v) is 3.97. The summed E-state index contributed by atoms with van der Waals surface area (Å²) in [7, 11) is 0. The van der Waals surface area contributed by atoms with Crippen LogP contribution >= 0.6 is 11.6 Å². The zero-order chi connectivity index (χ0) is 11.1. The molecule has 0 aromatic carbocycles. The molecule has 1 aliphatic rings. The van der Waals surface area contributed by atoms with E-state index in [0.717, 1.165) is 5.92 Å². The average Bonchev–Trinajstić information content (AvgIpc) is 2.25. The fourth-order valence-electron chi connectivity index (χ4n) is 2.40. The van der Waals surface area contributed by atoms with Crippen LogP contribution in [0.2, 0.25) is 0 Å². The monoisotopic (exact) mass is 231 g/mol. The normalized spacial score (nSPS) is 21.8. The van der Waals surface area contributed by atoms with Crippen LogP contribution in [0, 0.1) is 5.92 Å². The van der Waals surface area contributed by atoms with Crippen LogP contribution in [0.15, 0.2) is 0 Å². The molecule has 1 atom stereocenters. The van der Waals surface area contributed by atoms with Crippen molar-refractivity contribution < 1.29 is 0 Å². The molecular formula is C13H26ClN. The van der Waals surface area contributed by atoms with E-state index in [-0.39, 0.29) is 0 Å². The first kappa shape index (κ1) is 13.3. The van der Waals surface area contributed by atoms with Crippen LogP contribution < -0.4 is 0 Å². The lowest BCUT2D eigenvalue weighted by molar-refractivity contribution is 0.180. The molecule has 1 fully saturated rings. The first-order valence-electron chi connectivity index (χ1n) is 6.60. The predicted molar refractivity (Wildman–Crippen MR) is 68.6 cm³/mol. The van der Waals surface area contributed by atoms with Crippen molar-refractivity contribution in [3.05, 3.63) is 0 Å². The highest BCUT2D eigenvalue weighted by Gasteiger charge is 2.21. The van der Waals surface area contributed by atoms with Crippen molar-refractivity contribution in [2.24, 2.45) is 5.92 Å². The van der Waals surface area contributed by atoms with Gasteiger partial charge in [0.05, 0.1) is 0 Å². The summed E-state index contributed by atoms with van der Waals surface area (Å²) in [5.74, 6) is 0.763. The van der Waals surface area contributed by atoms with E-state index in [0.29, 0.717) is 5.38 Å². The average molecular weight is 232 g/mol. The fourth-order valence-corrected chi connectivity index (χ4v) is 2.65. The summed E-state index contributed by atoms with van der Waals surface area (Å²) in [5, 5.41) is 0.368. The minimum atomic E-state index is 0.368. The molecule has 0 bridgehead atoms. The van der Waals surface area contributed by atoms with Gasteiger partial charge in [0.25, 0.3) is 0 Å². The van der Waals surface area contributed by atoms with E-state index in [4.69, 9.17) is 11.6 Å². The number of hydrogen-bond donors (Lipinski definition) is 0. The highest BCUT2D eigenvalue weighted by Crippen LogP contribution is 2.23. The molecule has 0 aromatic heterocycles. The van der Waals surface area contributed by atoms with Crippen LogP contribution in [0.3, 0.4) is 0 Å². The maximum Gasteiger partial charge on any atom is 0.0337 e. The van der Waals surface area contributed by atoms with E-state index < -0.39 is 0 Å². The van der Waals surface area contributed by atoms with Gasteiger partial charge in [0.1, 0.15) is 0 Å². The number of unbranched alkanes of at least 4 members (excludes halogenated alkanes) is 3. The summed E-state index contributed by atoms with van der Waals surface area (Å²) >= 11 is 6.13. The smallest absolute Gasteiger partial charge is 0.0337 e. The Morgan fingerprint density at radius 3 is 2.40 bits per heavy atom. The lowest BCUT2D eigenvalue weighted by Crippen LogP contribution is -2.36. The molecule has 1 heterocycles. The highest BCUT2D eigenvalue weighted by molar-refractivity contribution is 6.20. The molecule has 1 nitrogen and oxygen atoms in total. The van der Waals surface area contributed by atoms with Crippen LogP contribution in [0.25, 0.3) is 0 Å². The van der Waals surface area contributed by atoms with E-state index in [2.05, 4.69) is 18.7 Å². The van der Waals surface area contributed by atoms with Crippen molar-refractivity contribution in [3.8, 4) is 0 Å². The molecule has 0 saturated carbocycles. The lowest BCUT2D eigenvalue weighted by atomic mass is 9.94. The van der Waals surface area contributed by atoms with Crippen molar-refractivity contribution in [1.29, 1.82) is 0 Å². The minimum Gasteiger partial charge on any atom is -0.303 e. The lowest BCUT2D eigenvalue weighted by Gasteiger charge is -2.33. The summed E-state index contributed by atoms with van der Waals surface area (Å²) in [5.41, 5.74) is 0. The van der Waals surface area contributed by atoms with Crippen molar-refractivity contribution in [2.75, 3.05) is 19.6 Å². The minimum absolute atomic E-state index is 0.368. The van der Waals surface area contributed by atoms with Gasteiger partial charge in [-0.3, -0.25) is 0 Å². The molecule has 15 heavy (non-hydrogen) atoms. The van der Waals surface area contributed by atoms with E-state index in [9.17, 15) is 0 Å². The van der Waals surface area contributed by atoms with Gasteiger partial charge in [-0.15, -0.1) is 11.6 Å². The van der Waals surface area contributed by atoms with E-state index >= 15 is 0 Å². The van der Waals surface area contributed by atoms with E-state index in [1.807, 2.05) is 0 Å². The Morgan fingerprint density at radius 2 is 1.87 bits per heavy atom. The number of nitrogens with zero attached hydrogens (tertiary/aromatic N) is 1. The molecule has 2 heteroatoms. The Morgan fingerprint density at radius 1 is 1.20 bits per heavy atom. The first-order valence-corrected chi connectivity index (χ1v) is 7.04. The molecule has 90 valence electrons. The molecule has 1 aliphatic heterocycles. The second-order valence-corrected chi connectivity index (χ2v) is 5.61. The van der Waals surface area contributed by atoms with Gasteiger partial charge in [0, 0.05) is 5.38 Å². The molecule has 1 rings (SSSR count). The van der Waals surface area contributed by atoms with Crippen LogP contribution in [-0.4, -0.2) is 29.9 Å². The number of hydrogen-bond acceptors (Lipinski definition) is 1. The van der Waals surface area contributed by atoms with Gasteiger partial charge in [-0.2, -0.15) is 0 Å². The molecule has 0 amide bonds. The van der Waals surface area contributed by atoms with Gasteiger partial charge < -0.3 is 4.90 Å². The van der Waals surface area contributed by atoms with Crippen molar-refractivity contribution >= 4 is 11.6 Å². The standard InChI is InChI=1S/C13H26ClN/c1-3-4-5-6-9-15-10-7-13(8-11-15)12(2)14/h12-13H,3-11H2,1-2H3. The van der Waals surface area contributed by atoms with E-state index in [1.165, 1.54) is 58.2 Å². The van der Waals surface area contributed by atoms with Crippen molar-refractivity contribution in [1.82, 2.24) is 4.90 Å². The first-order chi connectivity index (χ1) is 7.24. The summed E-state index contributed by atoms with van der Waals surface area (Å²) < 4.78 is 0. The predicted octanol–water partition coefficient (Wildman–Crippen LogP) is 3.91. The Bertz CT molecular complexity index is 151. The maximum absolute atomic E-state index is 6.13. The summed E-state index contributed by atoms with van der Waals surface area (Å²) in [6, 6.07) is 0. The number of rotatable bonds is 6. The third kappa shape index (κ3) is 5.21. The third-order valence-electron chi connectivity index (χ3n) is 3.61. The highest BCUT2D eigenvalue weighted by atomic mass is 35.5. The van der Waals surface area contributed by atoms with Crippen LogP contribution in [0.5, 0.6) is 0 Å². The van der Waals surface area contributed by atoms with Gasteiger partial charge in [0.15, 0.2) is 0 Å². The van der Waals surface area contributed by atoms with Crippen LogP contribution in [-0.2, 0) is 0 Å². The number of likely N-dealkylation sites (tertiary alicyclic amines) is 1.